The van der Waals surface area contributed by atoms with Gasteiger partial charge in [0.2, 0.25) is 5.78 Å². The van der Waals surface area contributed by atoms with Crippen molar-refractivity contribution in [3.05, 3.63) is 95.0 Å². The number of allylic oxidation sites excluding steroid dienone is 1. The van der Waals surface area contributed by atoms with Gasteiger partial charge >= 0.3 is 5.97 Å². The van der Waals surface area contributed by atoms with Gasteiger partial charge in [0.05, 0.1) is 18.2 Å². The fourth-order valence-electron chi connectivity index (χ4n) is 2.87. The van der Waals surface area contributed by atoms with Gasteiger partial charge in [-0.15, -0.1) is 0 Å². The molecule has 6 heteroatoms. The molecule has 0 fully saturated rings. The zero-order valence-corrected chi connectivity index (χ0v) is 15.3. The second-order valence-corrected chi connectivity index (χ2v) is 6.24. The number of carbonyl (C=O) groups excluding carboxylic acids is 2. The zero-order valence-electron chi connectivity index (χ0n) is 15.3. The van der Waals surface area contributed by atoms with Crippen LogP contribution in [0.1, 0.15) is 26.3 Å². The molecule has 0 saturated carbocycles. The van der Waals surface area contributed by atoms with E-state index in [1.807, 2.05) is 0 Å². The molecule has 3 aromatic rings. The summed E-state index contributed by atoms with van der Waals surface area (Å²) in [6, 6.07) is 17.0. The molecule has 0 radical (unpaired) electrons. The van der Waals surface area contributed by atoms with Crippen LogP contribution in [0.2, 0.25) is 0 Å². The summed E-state index contributed by atoms with van der Waals surface area (Å²) in [5.41, 5.74) is 1.00. The van der Waals surface area contributed by atoms with Crippen molar-refractivity contribution in [2.75, 3.05) is 7.11 Å². The predicted molar refractivity (Wildman–Crippen MR) is 104 cm³/mol. The summed E-state index contributed by atoms with van der Waals surface area (Å²) >= 11 is 0. The molecule has 0 amide bonds. The molecule has 0 saturated heterocycles. The molecule has 0 N–H and O–H groups in total. The number of carbonyl (C=O) groups is 2. The summed E-state index contributed by atoms with van der Waals surface area (Å²) in [5.74, 6) is -0.177. The molecule has 0 spiro atoms. The van der Waals surface area contributed by atoms with Crippen molar-refractivity contribution in [3.63, 3.8) is 0 Å². The Kier molecular flexibility index (Phi) is 4.83. The second kappa shape index (κ2) is 7.59. The summed E-state index contributed by atoms with van der Waals surface area (Å²) in [6.07, 6.45) is 1.59. The molecule has 144 valence electrons. The van der Waals surface area contributed by atoms with E-state index in [-0.39, 0.29) is 22.9 Å². The van der Waals surface area contributed by atoms with Crippen molar-refractivity contribution in [2.24, 2.45) is 0 Å². The lowest BCUT2D eigenvalue weighted by molar-refractivity contribution is 0.0729. The van der Waals surface area contributed by atoms with Crippen molar-refractivity contribution in [2.45, 2.75) is 0 Å². The smallest absolute Gasteiger partial charge is 0.346 e. The highest BCUT2D eigenvalue weighted by Crippen LogP contribution is 2.34. The summed E-state index contributed by atoms with van der Waals surface area (Å²) in [4.78, 5) is 24.5. The molecule has 3 aromatic carbocycles. The highest BCUT2D eigenvalue weighted by atomic mass is 19.1. The summed E-state index contributed by atoms with van der Waals surface area (Å²) in [7, 11) is 1.54. The Morgan fingerprint density at radius 2 is 1.72 bits per heavy atom. The van der Waals surface area contributed by atoms with E-state index in [1.54, 1.807) is 54.6 Å². The SMILES string of the molecule is COc1ccc2c(c1)O/C(=C\c1ccc(OC(=O)c3ccccc3F)cc1)C2=O. The number of hydrogen-bond donors (Lipinski definition) is 0. The molecular formula is C23H15FO5. The quantitative estimate of drug-likeness (QED) is 0.368. The van der Waals surface area contributed by atoms with Crippen molar-refractivity contribution in [1.29, 1.82) is 0 Å². The highest BCUT2D eigenvalue weighted by Gasteiger charge is 2.27. The third-order valence-corrected chi connectivity index (χ3v) is 4.36. The topological polar surface area (TPSA) is 61.8 Å². The first-order valence-corrected chi connectivity index (χ1v) is 8.74. The fourth-order valence-corrected chi connectivity index (χ4v) is 2.87. The minimum atomic E-state index is -0.784. The molecule has 0 aliphatic carbocycles. The maximum atomic E-state index is 13.7. The van der Waals surface area contributed by atoms with Crippen LogP contribution in [0.25, 0.3) is 6.08 Å². The molecular weight excluding hydrogens is 375 g/mol. The van der Waals surface area contributed by atoms with Crippen LogP contribution in [-0.2, 0) is 0 Å². The second-order valence-electron chi connectivity index (χ2n) is 6.24. The van der Waals surface area contributed by atoms with Crippen LogP contribution in [0.4, 0.5) is 4.39 Å². The number of halogens is 1. The van der Waals surface area contributed by atoms with Crippen molar-refractivity contribution < 1.29 is 28.2 Å². The molecule has 0 unspecified atom stereocenters. The average molecular weight is 390 g/mol. The maximum absolute atomic E-state index is 13.7. The fraction of sp³-hybridized carbons (Fsp3) is 0.0435. The zero-order chi connectivity index (χ0) is 20.4. The minimum Gasteiger partial charge on any atom is -0.497 e. The number of ether oxygens (including phenoxy) is 3. The van der Waals surface area contributed by atoms with Gasteiger partial charge in [-0.1, -0.05) is 24.3 Å². The van der Waals surface area contributed by atoms with Gasteiger partial charge in [0.15, 0.2) is 5.76 Å². The van der Waals surface area contributed by atoms with E-state index in [4.69, 9.17) is 14.2 Å². The number of Topliss-reactive ketones (excluding diaryl/α,β-unsaturated/α-hetero) is 1. The van der Waals surface area contributed by atoms with Crippen LogP contribution < -0.4 is 14.2 Å². The number of ketones is 1. The van der Waals surface area contributed by atoms with Gasteiger partial charge in [-0.25, -0.2) is 9.18 Å². The molecule has 4 rings (SSSR count). The Hall–Kier alpha value is -3.93. The van der Waals surface area contributed by atoms with Gasteiger partial charge < -0.3 is 14.2 Å². The van der Waals surface area contributed by atoms with Crippen molar-refractivity contribution >= 4 is 17.8 Å². The lowest BCUT2D eigenvalue weighted by Gasteiger charge is -2.05. The van der Waals surface area contributed by atoms with Crippen LogP contribution in [-0.4, -0.2) is 18.9 Å². The Morgan fingerprint density at radius 1 is 1.00 bits per heavy atom. The van der Waals surface area contributed by atoms with E-state index < -0.39 is 11.8 Å². The normalized spacial score (nSPS) is 13.7. The van der Waals surface area contributed by atoms with Crippen LogP contribution in [0.5, 0.6) is 17.2 Å². The largest absolute Gasteiger partial charge is 0.497 e. The van der Waals surface area contributed by atoms with E-state index in [1.165, 1.54) is 25.3 Å². The Bertz CT molecular complexity index is 1130. The molecule has 5 nitrogen and oxygen atoms in total. The third kappa shape index (κ3) is 3.73. The number of fused-ring (bicyclic) bond motifs is 1. The van der Waals surface area contributed by atoms with Gasteiger partial charge in [-0.2, -0.15) is 0 Å². The Labute approximate surface area is 166 Å². The van der Waals surface area contributed by atoms with Crippen molar-refractivity contribution in [1.82, 2.24) is 0 Å². The Balaban J connectivity index is 1.49. The first-order valence-electron chi connectivity index (χ1n) is 8.74. The summed E-state index contributed by atoms with van der Waals surface area (Å²) < 4.78 is 29.6. The maximum Gasteiger partial charge on any atom is 0.346 e. The number of esters is 1. The number of rotatable bonds is 4. The van der Waals surface area contributed by atoms with Crippen molar-refractivity contribution in [3.8, 4) is 17.2 Å². The summed E-state index contributed by atoms with van der Waals surface area (Å²) in [6.45, 7) is 0. The van der Waals surface area contributed by atoms with Crippen LogP contribution in [0, 0.1) is 5.82 Å². The lowest BCUT2D eigenvalue weighted by atomic mass is 10.1. The Morgan fingerprint density at radius 3 is 2.45 bits per heavy atom. The van der Waals surface area contributed by atoms with Gasteiger partial charge in [0, 0.05) is 6.07 Å². The number of benzene rings is 3. The molecule has 1 aliphatic heterocycles. The van der Waals surface area contributed by atoms with Gasteiger partial charge in [0.25, 0.3) is 0 Å². The first-order chi connectivity index (χ1) is 14.0. The van der Waals surface area contributed by atoms with E-state index in [9.17, 15) is 14.0 Å². The van der Waals surface area contributed by atoms with Gasteiger partial charge in [-0.05, 0) is 48.0 Å². The first kappa shape index (κ1) is 18.4. The molecule has 1 heterocycles. The van der Waals surface area contributed by atoms with Crippen LogP contribution >= 0.6 is 0 Å². The minimum absolute atomic E-state index is 0.142. The monoisotopic (exact) mass is 390 g/mol. The predicted octanol–water partition coefficient (Wildman–Crippen LogP) is 4.67. The molecule has 29 heavy (non-hydrogen) atoms. The van der Waals surface area contributed by atoms with E-state index in [0.29, 0.717) is 22.6 Å². The number of hydrogen-bond acceptors (Lipinski definition) is 5. The average Bonchev–Trinajstić information content (AvgIpc) is 3.04. The van der Waals surface area contributed by atoms with E-state index in [2.05, 4.69) is 0 Å². The lowest BCUT2D eigenvalue weighted by Crippen LogP contribution is -2.10. The van der Waals surface area contributed by atoms with Gasteiger partial charge in [-0.3, -0.25) is 4.79 Å². The molecule has 1 aliphatic rings. The number of methoxy groups -OCH3 is 1. The molecule has 0 atom stereocenters. The van der Waals surface area contributed by atoms with Gasteiger partial charge in [0.1, 0.15) is 23.1 Å². The van der Waals surface area contributed by atoms with E-state index >= 15 is 0 Å². The van der Waals surface area contributed by atoms with Crippen LogP contribution in [0.3, 0.4) is 0 Å². The molecule has 0 bridgehead atoms. The highest BCUT2D eigenvalue weighted by molar-refractivity contribution is 6.14. The standard InChI is InChI=1S/C23H15FO5/c1-27-16-10-11-18-20(13-16)29-21(22(18)25)12-14-6-8-15(9-7-14)28-23(26)17-4-2-3-5-19(17)24/h2-13H,1H3/b21-12-. The van der Waals surface area contributed by atoms with E-state index in [0.717, 1.165) is 0 Å². The molecule has 0 aromatic heterocycles. The van der Waals surface area contributed by atoms with Crippen LogP contribution in [0.15, 0.2) is 72.5 Å². The third-order valence-electron chi connectivity index (χ3n) is 4.36. The summed E-state index contributed by atoms with van der Waals surface area (Å²) in [5, 5.41) is 0.